The van der Waals surface area contributed by atoms with Gasteiger partial charge in [-0.3, -0.25) is 4.79 Å². The van der Waals surface area contributed by atoms with Crippen LogP contribution in [0.4, 0.5) is 0 Å². The molecule has 5 rings (SSSR count). The van der Waals surface area contributed by atoms with Gasteiger partial charge >= 0.3 is 0 Å². The van der Waals surface area contributed by atoms with Crippen LogP contribution in [-0.4, -0.2) is 48.6 Å². The number of amides is 1. The number of hydrogen-bond donors (Lipinski definition) is 1. The number of imidazole rings is 1. The molecule has 3 heterocycles. The normalized spacial score (nSPS) is 16.8. The number of aromatic amines is 1. The van der Waals surface area contributed by atoms with Gasteiger partial charge in [0.2, 0.25) is 5.82 Å². The van der Waals surface area contributed by atoms with Gasteiger partial charge in [0, 0.05) is 19.0 Å². The summed E-state index contributed by atoms with van der Waals surface area (Å²) in [5.74, 6) is 2.34. The lowest BCUT2D eigenvalue weighted by molar-refractivity contribution is 0.0692. The molecular formula is C25H28N6O. The lowest BCUT2D eigenvalue weighted by Crippen LogP contribution is -2.40. The first-order valence-electron chi connectivity index (χ1n) is 11.3. The van der Waals surface area contributed by atoms with Crippen molar-refractivity contribution in [3.05, 3.63) is 71.6 Å². The summed E-state index contributed by atoms with van der Waals surface area (Å²) >= 11 is 0. The number of nitrogens with zero attached hydrogens (tertiary/aromatic N) is 5. The average molecular weight is 429 g/mol. The molecule has 1 fully saturated rings. The molecule has 4 aromatic rings. The molecule has 1 atom stereocenters. The van der Waals surface area contributed by atoms with Crippen LogP contribution in [0.3, 0.4) is 0 Å². The molecule has 32 heavy (non-hydrogen) atoms. The second-order valence-electron chi connectivity index (χ2n) is 8.84. The molecule has 0 radical (unpaired) electrons. The average Bonchev–Trinajstić information content (AvgIpc) is 3.42. The molecular weight excluding hydrogens is 400 g/mol. The highest BCUT2D eigenvalue weighted by molar-refractivity contribution is 5.90. The number of fused-ring (bicyclic) bond motifs is 1. The first-order valence-corrected chi connectivity index (χ1v) is 11.3. The van der Waals surface area contributed by atoms with Crippen molar-refractivity contribution >= 4 is 16.9 Å². The van der Waals surface area contributed by atoms with Crippen molar-refractivity contribution in [2.24, 2.45) is 0 Å². The monoisotopic (exact) mass is 428 g/mol. The molecule has 2 aromatic carbocycles. The zero-order valence-electron chi connectivity index (χ0n) is 18.7. The van der Waals surface area contributed by atoms with Gasteiger partial charge in [0.1, 0.15) is 11.6 Å². The number of hydrogen-bond acceptors (Lipinski definition) is 4. The second kappa shape index (κ2) is 8.22. The zero-order valence-corrected chi connectivity index (χ0v) is 18.7. The topological polar surface area (TPSA) is 79.7 Å². The van der Waals surface area contributed by atoms with Crippen LogP contribution in [0.5, 0.6) is 0 Å². The van der Waals surface area contributed by atoms with Crippen molar-refractivity contribution in [2.75, 3.05) is 13.1 Å². The highest BCUT2D eigenvalue weighted by Crippen LogP contribution is 2.28. The maximum absolute atomic E-state index is 13.3. The Bertz CT molecular complexity index is 1240. The number of likely N-dealkylation sites (tertiary alicyclic amines) is 1. The number of rotatable bonds is 4. The molecule has 1 aliphatic heterocycles. The summed E-state index contributed by atoms with van der Waals surface area (Å²) < 4.78 is 1.79. The van der Waals surface area contributed by atoms with E-state index in [4.69, 9.17) is 4.98 Å². The number of aryl methyl sites for hydroxylation is 1. The first kappa shape index (κ1) is 20.4. The van der Waals surface area contributed by atoms with Crippen LogP contribution in [0, 0.1) is 6.92 Å². The Morgan fingerprint density at radius 2 is 1.88 bits per heavy atom. The van der Waals surface area contributed by atoms with Crippen LogP contribution in [0.2, 0.25) is 0 Å². The number of benzene rings is 2. The molecule has 7 nitrogen and oxygen atoms in total. The smallest absolute Gasteiger partial charge is 0.293 e. The number of carbonyl (C=O) groups is 1. The molecule has 0 spiro atoms. The van der Waals surface area contributed by atoms with Crippen LogP contribution in [-0.2, 0) is 0 Å². The number of nitrogens with one attached hydrogen (secondary N) is 1. The van der Waals surface area contributed by atoms with Crippen molar-refractivity contribution in [1.82, 2.24) is 29.6 Å². The Morgan fingerprint density at radius 1 is 1.09 bits per heavy atom. The summed E-state index contributed by atoms with van der Waals surface area (Å²) in [6.07, 6.45) is 1.94. The van der Waals surface area contributed by atoms with Crippen molar-refractivity contribution < 1.29 is 4.79 Å². The highest BCUT2D eigenvalue weighted by Gasteiger charge is 2.30. The van der Waals surface area contributed by atoms with Gasteiger partial charge in [-0.1, -0.05) is 44.2 Å². The minimum absolute atomic E-state index is 0.116. The molecule has 1 unspecified atom stereocenters. The number of para-hydroxylation sites is 3. The van der Waals surface area contributed by atoms with Gasteiger partial charge in [-0.05, 0) is 49.4 Å². The van der Waals surface area contributed by atoms with Gasteiger partial charge in [0.25, 0.3) is 5.91 Å². The number of aromatic nitrogens is 5. The van der Waals surface area contributed by atoms with Crippen LogP contribution in [0.25, 0.3) is 16.7 Å². The zero-order chi connectivity index (χ0) is 22.2. The van der Waals surface area contributed by atoms with E-state index in [-0.39, 0.29) is 17.6 Å². The molecule has 7 heteroatoms. The fourth-order valence-electron chi connectivity index (χ4n) is 4.57. The third-order valence-electron chi connectivity index (χ3n) is 6.25. The van der Waals surface area contributed by atoms with E-state index in [0.717, 1.165) is 35.4 Å². The Balaban J connectivity index is 1.39. The number of carbonyl (C=O) groups excluding carboxylic acids is 1. The largest absolute Gasteiger partial charge is 0.342 e. The lowest BCUT2D eigenvalue weighted by Gasteiger charge is -2.31. The maximum atomic E-state index is 13.3. The molecule has 1 aliphatic rings. The van der Waals surface area contributed by atoms with Crippen molar-refractivity contribution in [2.45, 2.75) is 45.4 Å². The molecule has 1 N–H and O–H groups in total. The van der Waals surface area contributed by atoms with Crippen molar-refractivity contribution in [3.63, 3.8) is 0 Å². The second-order valence-corrected chi connectivity index (χ2v) is 8.84. The van der Waals surface area contributed by atoms with Gasteiger partial charge in [-0.2, -0.15) is 0 Å². The van der Waals surface area contributed by atoms with E-state index in [1.807, 2.05) is 54.3 Å². The van der Waals surface area contributed by atoms with E-state index >= 15 is 0 Å². The third-order valence-corrected chi connectivity index (χ3v) is 6.25. The third kappa shape index (κ3) is 3.68. The Labute approximate surface area is 187 Å². The molecule has 0 saturated carbocycles. The summed E-state index contributed by atoms with van der Waals surface area (Å²) in [6.45, 7) is 7.54. The molecule has 1 saturated heterocycles. The van der Waals surface area contributed by atoms with Gasteiger partial charge < -0.3 is 9.88 Å². The summed E-state index contributed by atoms with van der Waals surface area (Å²) in [5, 5.41) is 4.62. The van der Waals surface area contributed by atoms with Gasteiger partial charge in [-0.15, -0.1) is 5.10 Å². The maximum Gasteiger partial charge on any atom is 0.293 e. The lowest BCUT2D eigenvalue weighted by atomic mass is 9.97. The fourth-order valence-corrected chi connectivity index (χ4v) is 4.57. The van der Waals surface area contributed by atoms with E-state index in [2.05, 4.69) is 35.0 Å². The van der Waals surface area contributed by atoms with Gasteiger partial charge in [0.15, 0.2) is 0 Å². The summed E-state index contributed by atoms with van der Waals surface area (Å²) in [7, 11) is 0. The summed E-state index contributed by atoms with van der Waals surface area (Å²) in [4.78, 5) is 27.9. The van der Waals surface area contributed by atoms with Gasteiger partial charge in [-0.25, -0.2) is 14.6 Å². The minimum atomic E-state index is -0.116. The highest BCUT2D eigenvalue weighted by atomic mass is 16.2. The number of piperidine rings is 1. The Morgan fingerprint density at radius 3 is 2.69 bits per heavy atom. The van der Waals surface area contributed by atoms with E-state index < -0.39 is 0 Å². The summed E-state index contributed by atoms with van der Waals surface area (Å²) in [5.41, 5.74) is 4.16. The minimum Gasteiger partial charge on any atom is -0.342 e. The molecule has 2 aromatic heterocycles. The van der Waals surface area contributed by atoms with Crippen LogP contribution in [0.15, 0.2) is 48.5 Å². The SMILES string of the molecule is Cc1nc(C(=O)N2CCCC(c3nc4ccccc4[nH]3)C2)nn1-c1ccccc1C(C)C. The summed E-state index contributed by atoms with van der Waals surface area (Å²) in [6, 6.07) is 16.2. The fraction of sp³-hybridized carbons (Fsp3) is 0.360. The van der Waals surface area contributed by atoms with Crippen LogP contribution in [0.1, 0.15) is 66.4 Å². The van der Waals surface area contributed by atoms with E-state index in [0.29, 0.717) is 24.8 Å². The standard InChI is InChI=1S/C25H28N6O/c1-16(2)19-10-4-7-13-22(19)31-17(3)26-24(29-31)25(32)30-14-8-9-18(15-30)23-27-20-11-5-6-12-21(20)28-23/h4-7,10-13,16,18H,8-9,14-15H2,1-3H3,(H,27,28). The predicted molar refractivity (Wildman–Crippen MR) is 124 cm³/mol. The Kier molecular flexibility index (Phi) is 5.25. The molecule has 0 aliphatic carbocycles. The van der Waals surface area contributed by atoms with E-state index in [1.165, 1.54) is 5.56 Å². The van der Waals surface area contributed by atoms with Crippen LogP contribution >= 0.6 is 0 Å². The number of H-pyrrole nitrogens is 1. The first-order chi connectivity index (χ1) is 15.5. The Hall–Kier alpha value is -3.48. The van der Waals surface area contributed by atoms with Crippen molar-refractivity contribution in [3.8, 4) is 5.69 Å². The molecule has 0 bridgehead atoms. The quantitative estimate of drug-likeness (QED) is 0.515. The predicted octanol–water partition coefficient (Wildman–Crippen LogP) is 4.60. The molecule has 1 amide bonds. The van der Waals surface area contributed by atoms with Gasteiger partial charge in [0.05, 0.1) is 16.7 Å². The van der Waals surface area contributed by atoms with E-state index in [9.17, 15) is 4.79 Å². The van der Waals surface area contributed by atoms with Crippen molar-refractivity contribution in [1.29, 1.82) is 0 Å². The van der Waals surface area contributed by atoms with Crippen LogP contribution < -0.4 is 0 Å². The molecule has 164 valence electrons. The van der Waals surface area contributed by atoms with E-state index in [1.54, 1.807) is 4.68 Å².